The molecule has 164 valence electrons. The first-order valence-corrected chi connectivity index (χ1v) is 11.0. The van der Waals surface area contributed by atoms with Crippen molar-refractivity contribution in [3.63, 3.8) is 0 Å². The van der Waals surface area contributed by atoms with Crippen LogP contribution >= 0.6 is 0 Å². The van der Waals surface area contributed by atoms with Crippen LogP contribution in [0, 0.1) is 0 Å². The van der Waals surface area contributed by atoms with Crippen molar-refractivity contribution in [2.45, 2.75) is 19.0 Å². The van der Waals surface area contributed by atoms with Gasteiger partial charge >= 0.3 is 0 Å². The van der Waals surface area contributed by atoms with E-state index < -0.39 is 0 Å². The SMILES string of the molecule is O=C(N[C@@H](CC(=O)N1CCN(Cc2ccncc2)CC1)c1ccccc1)c1ccccc1. The summed E-state index contributed by atoms with van der Waals surface area (Å²) in [4.78, 5) is 34.2. The van der Waals surface area contributed by atoms with Crippen molar-refractivity contribution in [3.8, 4) is 0 Å². The molecule has 1 fully saturated rings. The van der Waals surface area contributed by atoms with Crippen LogP contribution in [0.15, 0.2) is 85.2 Å². The zero-order valence-electron chi connectivity index (χ0n) is 18.1. The Labute approximate surface area is 188 Å². The topological polar surface area (TPSA) is 65.5 Å². The molecular weight excluding hydrogens is 400 g/mol. The van der Waals surface area contributed by atoms with Gasteiger partial charge in [-0.2, -0.15) is 0 Å². The van der Waals surface area contributed by atoms with Gasteiger partial charge in [-0.3, -0.25) is 19.5 Å². The summed E-state index contributed by atoms with van der Waals surface area (Å²) >= 11 is 0. The lowest BCUT2D eigenvalue weighted by atomic mass is 10.0. The number of benzene rings is 2. The molecule has 1 N–H and O–H groups in total. The van der Waals surface area contributed by atoms with Crippen LogP contribution < -0.4 is 5.32 Å². The first-order chi connectivity index (χ1) is 15.7. The summed E-state index contributed by atoms with van der Waals surface area (Å²) in [6.45, 7) is 3.92. The highest BCUT2D eigenvalue weighted by Crippen LogP contribution is 2.20. The number of hydrogen-bond donors (Lipinski definition) is 1. The van der Waals surface area contributed by atoms with Gasteiger partial charge < -0.3 is 10.2 Å². The van der Waals surface area contributed by atoms with Gasteiger partial charge in [0.15, 0.2) is 0 Å². The third kappa shape index (κ3) is 5.80. The van der Waals surface area contributed by atoms with E-state index in [0.717, 1.165) is 25.2 Å². The average molecular weight is 429 g/mol. The molecule has 1 saturated heterocycles. The second kappa shape index (κ2) is 10.7. The molecule has 0 unspecified atom stereocenters. The van der Waals surface area contributed by atoms with E-state index in [0.29, 0.717) is 18.7 Å². The van der Waals surface area contributed by atoms with Gasteiger partial charge in [-0.1, -0.05) is 48.5 Å². The Bertz CT molecular complexity index is 1000. The van der Waals surface area contributed by atoms with Crippen LogP contribution in [0.2, 0.25) is 0 Å². The van der Waals surface area contributed by atoms with Crippen LogP contribution in [0.5, 0.6) is 0 Å². The normalized spacial score (nSPS) is 15.2. The third-order valence-electron chi connectivity index (χ3n) is 5.80. The molecule has 0 saturated carbocycles. The van der Waals surface area contributed by atoms with E-state index in [9.17, 15) is 9.59 Å². The maximum absolute atomic E-state index is 13.1. The molecule has 2 heterocycles. The van der Waals surface area contributed by atoms with Crippen molar-refractivity contribution in [2.75, 3.05) is 26.2 Å². The smallest absolute Gasteiger partial charge is 0.251 e. The third-order valence-corrected chi connectivity index (χ3v) is 5.80. The summed E-state index contributed by atoms with van der Waals surface area (Å²) in [6, 6.07) is 22.5. The molecule has 0 bridgehead atoms. The Morgan fingerprint density at radius 3 is 2.12 bits per heavy atom. The summed E-state index contributed by atoms with van der Waals surface area (Å²) < 4.78 is 0. The number of carbonyl (C=O) groups excluding carboxylic acids is 2. The average Bonchev–Trinajstić information content (AvgIpc) is 2.85. The number of nitrogens with one attached hydrogen (secondary N) is 1. The highest BCUT2D eigenvalue weighted by atomic mass is 16.2. The number of amides is 2. The molecule has 0 spiro atoms. The minimum absolute atomic E-state index is 0.0655. The number of aromatic nitrogens is 1. The summed E-state index contributed by atoms with van der Waals surface area (Å²) in [7, 11) is 0. The lowest BCUT2D eigenvalue weighted by molar-refractivity contribution is -0.133. The molecule has 1 aliphatic rings. The van der Waals surface area contributed by atoms with Gasteiger partial charge in [0.05, 0.1) is 12.5 Å². The van der Waals surface area contributed by atoms with E-state index in [-0.39, 0.29) is 24.3 Å². The molecule has 4 rings (SSSR count). The highest BCUT2D eigenvalue weighted by molar-refractivity contribution is 5.94. The number of pyridine rings is 1. The van der Waals surface area contributed by atoms with Crippen LogP contribution in [0.1, 0.15) is 33.9 Å². The van der Waals surface area contributed by atoms with E-state index in [4.69, 9.17) is 0 Å². The molecule has 3 aromatic rings. The predicted molar refractivity (Wildman–Crippen MR) is 124 cm³/mol. The van der Waals surface area contributed by atoms with Crippen molar-refractivity contribution >= 4 is 11.8 Å². The van der Waals surface area contributed by atoms with Gasteiger partial charge in [0, 0.05) is 50.7 Å². The maximum Gasteiger partial charge on any atom is 0.251 e. The number of nitrogens with zero attached hydrogens (tertiary/aromatic N) is 3. The lowest BCUT2D eigenvalue weighted by Crippen LogP contribution is -2.49. The van der Waals surface area contributed by atoms with Crippen molar-refractivity contribution in [3.05, 3.63) is 102 Å². The minimum atomic E-state index is -0.369. The molecule has 1 aliphatic heterocycles. The van der Waals surface area contributed by atoms with Gasteiger partial charge in [-0.25, -0.2) is 0 Å². The first kappa shape index (κ1) is 21.7. The van der Waals surface area contributed by atoms with E-state index in [2.05, 4.69) is 15.2 Å². The Balaban J connectivity index is 1.37. The molecule has 2 amide bonds. The largest absolute Gasteiger partial charge is 0.345 e. The molecule has 2 aromatic carbocycles. The second-order valence-electron chi connectivity index (χ2n) is 8.02. The number of rotatable bonds is 7. The molecular formula is C26H28N4O2. The maximum atomic E-state index is 13.1. The zero-order chi connectivity index (χ0) is 22.2. The number of piperazine rings is 1. The van der Waals surface area contributed by atoms with Crippen LogP contribution in [0.3, 0.4) is 0 Å². The van der Waals surface area contributed by atoms with Crippen LogP contribution in [-0.4, -0.2) is 52.8 Å². The predicted octanol–water partition coefficient (Wildman–Crippen LogP) is 3.29. The van der Waals surface area contributed by atoms with Crippen molar-refractivity contribution in [1.29, 1.82) is 0 Å². The molecule has 1 atom stereocenters. The van der Waals surface area contributed by atoms with Gasteiger partial charge in [0.2, 0.25) is 5.91 Å². The molecule has 1 aromatic heterocycles. The van der Waals surface area contributed by atoms with Crippen LogP contribution in [0.4, 0.5) is 0 Å². The van der Waals surface area contributed by atoms with Crippen LogP contribution in [0.25, 0.3) is 0 Å². The Kier molecular flexibility index (Phi) is 7.25. The fourth-order valence-corrected chi connectivity index (χ4v) is 3.97. The van der Waals surface area contributed by atoms with Crippen LogP contribution in [-0.2, 0) is 11.3 Å². The van der Waals surface area contributed by atoms with Crippen molar-refractivity contribution < 1.29 is 9.59 Å². The van der Waals surface area contributed by atoms with Crippen molar-refractivity contribution in [1.82, 2.24) is 20.1 Å². The quantitative estimate of drug-likeness (QED) is 0.627. The summed E-state index contributed by atoms with van der Waals surface area (Å²) in [5, 5.41) is 3.06. The zero-order valence-corrected chi connectivity index (χ0v) is 18.1. The highest BCUT2D eigenvalue weighted by Gasteiger charge is 2.25. The molecule has 6 nitrogen and oxygen atoms in total. The molecule has 0 aliphatic carbocycles. The molecule has 0 radical (unpaired) electrons. The number of hydrogen-bond acceptors (Lipinski definition) is 4. The van der Waals surface area contributed by atoms with Crippen molar-refractivity contribution in [2.24, 2.45) is 0 Å². The molecule has 32 heavy (non-hydrogen) atoms. The fourth-order valence-electron chi connectivity index (χ4n) is 3.97. The van der Waals surface area contributed by atoms with E-state index in [1.807, 2.05) is 78.0 Å². The van der Waals surface area contributed by atoms with Gasteiger partial charge in [-0.15, -0.1) is 0 Å². The van der Waals surface area contributed by atoms with E-state index in [1.165, 1.54) is 5.56 Å². The fraction of sp³-hybridized carbons (Fsp3) is 0.269. The van der Waals surface area contributed by atoms with Gasteiger partial charge in [0.25, 0.3) is 5.91 Å². The lowest BCUT2D eigenvalue weighted by Gasteiger charge is -2.35. The second-order valence-corrected chi connectivity index (χ2v) is 8.02. The summed E-state index contributed by atoms with van der Waals surface area (Å²) in [5.74, 6) is -0.106. The first-order valence-electron chi connectivity index (χ1n) is 11.0. The summed E-state index contributed by atoms with van der Waals surface area (Å²) in [6.07, 6.45) is 3.86. The minimum Gasteiger partial charge on any atom is -0.345 e. The van der Waals surface area contributed by atoms with E-state index in [1.54, 1.807) is 12.1 Å². The number of carbonyl (C=O) groups is 2. The Morgan fingerprint density at radius 1 is 0.844 bits per heavy atom. The molecule has 6 heteroatoms. The summed E-state index contributed by atoms with van der Waals surface area (Å²) in [5.41, 5.74) is 2.75. The Hall–Kier alpha value is -3.51. The standard InChI is InChI=1S/C26H28N4O2/c31-25(30-17-15-29(16-18-30)20-21-11-13-27-14-12-21)19-24(22-7-3-1-4-8-22)28-26(32)23-9-5-2-6-10-23/h1-14,24H,15-20H2,(H,28,32)/t24-/m0/s1. The van der Waals surface area contributed by atoms with Gasteiger partial charge in [0.1, 0.15) is 0 Å². The Morgan fingerprint density at radius 2 is 1.47 bits per heavy atom. The monoisotopic (exact) mass is 428 g/mol. The van der Waals surface area contributed by atoms with E-state index >= 15 is 0 Å². The van der Waals surface area contributed by atoms with Gasteiger partial charge in [-0.05, 0) is 35.4 Å².